The van der Waals surface area contributed by atoms with Gasteiger partial charge in [-0.25, -0.2) is 4.57 Å². The second-order valence-corrected chi connectivity index (χ2v) is 18.2. The van der Waals surface area contributed by atoms with Crippen LogP contribution in [0.3, 0.4) is 0 Å². The van der Waals surface area contributed by atoms with Crippen molar-refractivity contribution in [2.75, 3.05) is 54.1 Å². The predicted molar refractivity (Wildman–Crippen MR) is 243 cm³/mol. The molecule has 8 nitrogen and oxygen atoms in total. The normalized spacial score (nSPS) is 14.1. The van der Waals surface area contributed by atoms with Gasteiger partial charge in [-0.2, -0.15) is 0 Å². The van der Waals surface area contributed by atoms with E-state index in [1.807, 2.05) is 21.1 Å². The van der Waals surface area contributed by atoms with Gasteiger partial charge in [-0.05, 0) is 70.6 Å². The van der Waals surface area contributed by atoms with E-state index in [-0.39, 0.29) is 25.8 Å². The lowest BCUT2D eigenvalue weighted by Gasteiger charge is -2.24. The molecule has 9 heteroatoms. The molecular formula is C48H91NO7P+. The number of rotatable bonds is 43. The number of likely N-dealkylation sites (N-methyl/N-ethyl adjacent to an activating group) is 1. The summed E-state index contributed by atoms with van der Waals surface area (Å²) in [7, 11) is 1.65. The molecule has 0 saturated heterocycles. The Labute approximate surface area is 352 Å². The fourth-order valence-corrected chi connectivity index (χ4v) is 7.01. The molecule has 0 spiro atoms. The lowest BCUT2D eigenvalue weighted by molar-refractivity contribution is -0.870. The van der Waals surface area contributed by atoms with Crippen molar-refractivity contribution in [2.24, 2.45) is 0 Å². The third kappa shape index (κ3) is 45.4. The van der Waals surface area contributed by atoms with Crippen molar-refractivity contribution in [2.45, 2.75) is 200 Å². The Kier molecular flexibility index (Phi) is 40.1. The average molecular weight is 825 g/mol. The largest absolute Gasteiger partial charge is 0.472 e. The fraction of sp³-hybridized carbons (Fsp3) is 0.812. The van der Waals surface area contributed by atoms with E-state index in [0.717, 1.165) is 64.2 Å². The Morgan fingerprint density at radius 1 is 0.561 bits per heavy atom. The Morgan fingerprint density at radius 2 is 1.02 bits per heavy atom. The van der Waals surface area contributed by atoms with E-state index in [1.165, 1.54) is 109 Å². The second-order valence-electron chi connectivity index (χ2n) is 16.8. The van der Waals surface area contributed by atoms with E-state index in [9.17, 15) is 14.3 Å². The maximum absolute atomic E-state index is 12.7. The number of phosphoric acid groups is 1. The van der Waals surface area contributed by atoms with Crippen LogP contribution in [0.5, 0.6) is 0 Å². The molecule has 0 radical (unpaired) electrons. The van der Waals surface area contributed by atoms with E-state index in [2.05, 4.69) is 62.5 Å². The number of carbonyl (C=O) groups excluding carboxylic acids is 1. The van der Waals surface area contributed by atoms with Gasteiger partial charge >= 0.3 is 13.8 Å². The molecule has 2 atom stereocenters. The van der Waals surface area contributed by atoms with Gasteiger partial charge in [-0.15, -0.1) is 0 Å². The van der Waals surface area contributed by atoms with Crippen LogP contribution in [0.2, 0.25) is 0 Å². The maximum Gasteiger partial charge on any atom is 0.472 e. The highest BCUT2D eigenvalue weighted by atomic mass is 31.2. The monoisotopic (exact) mass is 825 g/mol. The molecule has 0 aromatic carbocycles. The van der Waals surface area contributed by atoms with Crippen molar-refractivity contribution < 1.29 is 37.3 Å². The summed E-state index contributed by atoms with van der Waals surface area (Å²) in [5, 5.41) is 0. The fourth-order valence-electron chi connectivity index (χ4n) is 6.27. The van der Waals surface area contributed by atoms with Crippen LogP contribution in [-0.2, 0) is 27.9 Å². The smallest absolute Gasteiger partial charge is 0.457 e. The Morgan fingerprint density at radius 3 is 1.54 bits per heavy atom. The minimum absolute atomic E-state index is 0.0843. The molecule has 0 amide bonds. The van der Waals surface area contributed by atoms with Crippen LogP contribution in [0.1, 0.15) is 194 Å². The average Bonchev–Trinajstić information content (AvgIpc) is 3.16. The first-order chi connectivity index (χ1) is 27.6. The molecule has 0 saturated carbocycles. The highest BCUT2D eigenvalue weighted by molar-refractivity contribution is 7.47. The van der Waals surface area contributed by atoms with Crippen molar-refractivity contribution in [1.82, 2.24) is 0 Å². The molecule has 0 rings (SSSR count). The van der Waals surface area contributed by atoms with Crippen molar-refractivity contribution in [3.63, 3.8) is 0 Å². The van der Waals surface area contributed by atoms with E-state index in [1.54, 1.807) is 0 Å². The zero-order valence-electron chi connectivity index (χ0n) is 37.8. The van der Waals surface area contributed by atoms with Gasteiger partial charge in [-0.3, -0.25) is 13.8 Å². The molecule has 0 aliphatic carbocycles. The van der Waals surface area contributed by atoms with Gasteiger partial charge in [0.15, 0.2) is 0 Å². The Hall–Kier alpha value is -1.54. The number of carbonyl (C=O) groups is 1. The van der Waals surface area contributed by atoms with Gasteiger partial charge in [0, 0.05) is 13.0 Å². The van der Waals surface area contributed by atoms with E-state index in [4.69, 9.17) is 18.5 Å². The van der Waals surface area contributed by atoms with Crippen LogP contribution in [-0.4, -0.2) is 75.6 Å². The molecule has 0 aromatic rings. The minimum atomic E-state index is -4.28. The first-order valence-corrected chi connectivity index (χ1v) is 24.9. The van der Waals surface area contributed by atoms with Crippen molar-refractivity contribution in [1.29, 1.82) is 0 Å². The van der Waals surface area contributed by atoms with Gasteiger partial charge in [0.05, 0.1) is 34.4 Å². The standard InChI is InChI=1S/C48H90NO7P/c1-6-8-10-12-14-16-18-20-22-24-25-26-27-29-31-33-35-37-39-41-48(50)56-47(46-55-57(51,52)54-44-42-49(3,4)5)45-53-43-40-38-36-34-32-30-28-23-21-19-17-15-13-11-9-7-2/h9,11,15,17,20-23,47H,6-8,10,12-14,16,18-19,24-46H2,1-5H3/p+1/b11-9-,17-15-,22-20-,23-21-. The lowest BCUT2D eigenvalue weighted by Crippen LogP contribution is -2.37. The quantitative estimate of drug-likeness (QED) is 0.0215. The second kappa shape index (κ2) is 41.2. The molecular weight excluding hydrogens is 734 g/mol. The summed E-state index contributed by atoms with van der Waals surface area (Å²) >= 11 is 0. The minimum Gasteiger partial charge on any atom is -0.457 e. The lowest BCUT2D eigenvalue weighted by atomic mass is 10.1. The van der Waals surface area contributed by atoms with Crippen LogP contribution >= 0.6 is 7.82 Å². The SMILES string of the molecule is CC/C=C\C/C=C\C/C=C\CCCCCCCCOCC(COP(=O)(O)OCC[N+](C)(C)C)OC(=O)CCCCCCCCCCC/C=C\CCCCCCCC. The topological polar surface area (TPSA) is 91.3 Å². The summed E-state index contributed by atoms with van der Waals surface area (Å²) in [5.41, 5.74) is 0. The third-order valence-electron chi connectivity index (χ3n) is 9.87. The van der Waals surface area contributed by atoms with Crippen molar-refractivity contribution >= 4 is 13.8 Å². The zero-order valence-corrected chi connectivity index (χ0v) is 38.7. The number of hydrogen-bond acceptors (Lipinski definition) is 6. The number of ether oxygens (including phenoxy) is 2. The highest BCUT2D eigenvalue weighted by Crippen LogP contribution is 2.43. The summed E-state index contributed by atoms with van der Waals surface area (Å²) in [5.74, 6) is -0.321. The summed E-state index contributed by atoms with van der Waals surface area (Å²) in [4.78, 5) is 22.9. The number of esters is 1. The number of quaternary nitrogens is 1. The maximum atomic E-state index is 12.7. The summed E-state index contributed by atoms with van der Waals surface area (Å²) in [6, 6.07) is 0. The number of nitrogens with zero attached hydrogens (tertiary/aromatic N) is 1. The molecule has 334 valence electrons. The Bertz CT molecular complexity index is 1050. The van der Waals surface area contributed by atoms with Crippen molar-refractivity contribution in [3.8, 4) is 0 Å². The molecule has 2 unspecified atom stereocenters. The molecule has 57 heavy (non-hydrogen) atoms. The van der Waals surface area contributed by atoms with E-state index in [0.29, 0.717) is 24.1 Å². The van der Waals surface area contributed by atoms with Crippen LogP contribution in [0.25, 0.3) is 0 Å². The van der Waals surface area contributed by atoms with Crippen LogP contribution in [0.15, 0.2) is 48.6 Å². The predicted octanol–water partition coefficient (Wildman–Crippen LogP) is 13.9. The highest BCUT2D eigenvalue weighted by Gasteiger charge is 2.26. The summed E-state index contributed by atoms with van der Waals surface area (Å²) < 4.78 is 35.0. The number of unbranched alkanes of at least 4 members (excludes halogenated alkanes) is 21. The molecule has 0 bridgehead atoms. The molecule has 0 aliphatic rings. The van der Waals surface area contributed by atoms with Crippen LogP contribution in [0.4, 0.5) is 0 Å². The third-order valence-corrected chi connectivity index (χ3v) is 10.9. The van der Waals surface area contributed by atoms with E-state index < -0.39 is 13.9 Å². The number of allylic oxidation sites excluding steroid dienone is 8. The molecule has 0 heterocycles. The van der Waals surface area contributed by atoms with E-state index >= 15 is 0 Å². The summed E-state index contributed by atoms with van der Waals surface area (Å²) in [6.07, 6.45) is 50.0. The zero-order chi connectivity index (χ0) is 42.0. The summed E-state index contributed by atoms with van der Waals surface area (Å²) in [6.45, 7) is 5.48. The molecule has 0 aliphatic heterocycles. The molecule has 1 N–H and O–H groups in total. The Balaban J connectivity index is 4.21. The van der Waals surface area contributed by atoms with Crippen LogP contribution < -0.4 is 0 Å². The first kappa shape index (κ1) is 55.5. The van der Waals surface area contributed by atoms with Gasteiger partial charge in [-0.1, -0.05) is 165 Å². The first-order valence-electron chi connectivity index (χ1n) is 23.4. The molecule has 0 aromatic heterocycles. The van der Waals surface area contributed by atoms with Gasteiger partial charge in [0.25, 0.3) is 0 Å². The van der Waals surface area contributed by atoms with Gasteiger partial charge in [0.2, 0.25) is 0 Å². The van der Waals surface area contributed by atoms with Crippen molar-refractivity contribution in [3.05, 3.63) is 48.6 Å². The van der Waals surface area contributed by atoms with Gasteiger partial charge < -0.3 is 18.9 Å². The number of hydrogen-bond donors (Lipinski definition) is 1. The number of phosphoric ester groups is 1. The van der Waals surface area contributed by atoms with Gasteiger partial charge in [0.1, 0.15) is 19.3 Å². The van der Waals surface area contributed by atoms with Crippen LogP contribution in [0, 0.1) is 0 Å². The molecule has 0 fully saturated rings.